The maximum Gasteiger partial charge on any atom is 0.248 e. The molecule has 2 fully saturated rings. The average Bonchev–Trinajstić information content (AvgIpc) is 3.15. The number of alkyl halides is 2. The molecule has 0 amide bonds. The summed E-state index contributed by atoms with van der Waals surface area (Å²) >= 11 is 1.35. The maximum atomic E-state index is 13.6. The Kier molecular flexibility index (Phi) is 5.67. The normalized spacial score (nSPS) is 20.4. The summed E-state index contributed by atoms with van der Waals surface area (Å²) in [6.45, 7) is 1.51. The van der Waals surface area contributed by atoms with E-state index in [1.807, 2.05) is 19.0 Å². The molecule has 1 saturated heterocycles. The van der Waals surface area contributed by atoms with E-state index in [2.05, 4.69) is 19.9 Å². The minimum atomic E-state index is -2.57. The van der Waals surface area contributed by atoms with Crippen molar-refractivity contribution in [3.63, 3.8) is 0 Å². The largest absolute Gasteiger partial charge is 0.471 e. The summed E-state index contributed by atoms with van der Waals surface area (Å²) in [4.78, 5) is 17.6. The van der Waals surface area contributed by atoms with Crippen LogP contribution in [0.2, 0.25) is 0 Å². The zero-order valence-electron chi connectivity index (χ0n) is 16.5. The minimum absolute atomic E-state index is 0.00985. The van der Waals surface area contributed by atoms with Gasteiger partial charge in [0.05, 0.1) is 12.3 Å². The van der Waals surface area contributed by atoms with Gasteiger partial charge in [-0.05, 0) is 19.9 Å². The van der Waals surface area contributed by atoms with Crippen LogP contribution < -0.4 is 9.64 Å². The van der Waals surface area contributed by atoms with E-state index in [4.69, 9.17) is 4.74 Å². The number of hydrogen-bond acceptors (Lipinski definition) is 8. The third-order valence-electron chi connectivity index (χ3n) is 5.51. The Balaban J connectivity index is 1.60. The predicted octanol–water partition coefficient (Wildman–Crippen LogP) is 2.80. The van der Waals surface area contributed by atoms with Crippen LogP contribution in [0.5, 0.6) is 5.88 Å². The van der Waals surface area contributed by atoms with Crippen molar-refractivity contribution in [2.24, 2.45) is 0 Å². The van der Waals surface area contributed by atoms with Gasteiger partial charge in [-0.1, -0.05) is 0 Å². The van der Waals surface area contributed by atoms with Gasteiger partial charge in [0.1, 0.15) is 11.9 Å². The predicted molar refractivity (Wildman–Crippen MR) is 107 cm³/mol. The summed E-state index contributed by atoms with van der Waals surface area (Å²) < 4.78 is 33.1. The number of ether oxygens (including phenoxy) is 1. The van der Waals surface area contributed by atoms with Crippen molar-refractivity contribution in [2.45, 2.75) is 50.4 Å². The van der Waals surface area contributed by atoms with Crippen molar-refractivity contribution in [1.82, 2.24) is 19.9 Å². The van der Waals surface area contributed by atoms with Gasteiger partial charge in [-0.2, -0.15) is 4.98 Å². The number of aliphatic hydroxyl groups is 1. The Morgan fingerprint density at radius 2 is 2.00 bits per heavy atom. The van der Waals surface area contributed by atoms with Crippen molar-refractivity contribution in [2.75, 3.05) is 32.1 Å². The van der Waals surface area contributed by atoms with Crippen molar-refractivity contribution in [3.8, 4) is 16.7 Å². The lowest BCUT2D eigenvalue weighted by Crippen LogP contribution is -2.51. The molecular weight excluding hydrogens is 400 g/mol. The highest BCUT2D eigenvalue weighted by Gasteiger charge is 2.36. The fourth-order valence-electron chi connectivity index (χ4n) is 3.72. The van der Waals surface area contributed by atoms with Crippen LogP contribution in [0, 0.1) is 0 Å². The van der Waals surface area contributed by atoms with Crippen molar-refractivity contribution >= 4 is 17.2 Å². The SMILES string of the molecule is CN1CC(Oc2cc(N(C)C3CCC(F)(F)CC3)nc(-c3nc(CO)cs3)n2)C1. The molecule has 7 nitrogen and oxygen atoms in total. The monoisotopic (exact) mass is 425 g/mol. The Morgan fingerprint density at radius 1 is 1.28 bits per heavy atom. The lowest BCUT2D eigenvalue weighted by molar-refractivity contribution is -0.0378. The summed E-state index contributed by atoms with van der Waals surface area (Å²) in [7, 11) is 3.90. The summed E-state index contributed by atoms with van der Waals surface area (Å²) in [6, 6.07) is 1.76. The molecule has 29 heavy (non-hydrogen) atoms. The number of aromatic nitrogens is 3. The fraction of sp³-hybridized carbons (Fsp3) is 0.632. The van der Waals surface area contributed by atoms with E-state index in [1.165, 1.54) is 11.3 Å². The molecule has 158 valence electrons. The molecule has 0 unspecified atom stereocenters. The number of halogens is 2. The minimum Gasteiger partial charge on any atom is -0.471 e. The van der Waals surface area contributed by atoms with Gasteiger partial charge >= 0.3 is 0 Å². The Hall–Kier alpha value is -1.91. The zero-order chi connectivity index (χ0) is 20.6. The summed E-state index contributed by atoms with van der Waals surface area (Å²) in [5, 5.41) is 11.7. The number of aliphatic hydroxyl groups excluding tert-OH is 1. The number of likely N-dealkylation sites (N-methyl/N-ethyl adjacent to an activating group) is 1. The molecular formula is C19H25F2N5O2S. The first-order valence-corrected chi connectivity index (χ1v) is 10.6. The van der Waals surface area contributed by atoms with Gasteiger partial charge in [0.25, 0.3) is 0 Å². The Morgan fingerprint density at radius 3 is 2.62 bits per heavy atom. The molecule has 0 radical (unpaired) electrons. The first-order valence-electron chi connectivity index (χ1n) is 9.73. The van der Waals surface area contributed by atoms with Crippen LogP contribution in [0.4, 0.5) is 14.6 Å². The van der Waals surface area contributed by atoms with Crippen LogP contribution in [0.15, 0.2) is 11.4 Å². The first-order chi connectivity index (χ1) is 13.8. The second-order valence-electron chi connectivity index (χ2n) is 7.85. The van der Waals surface area contributed by atoms with Gasteiger partial charge in [-0.3, -0.25) is 4.90 Å². The van der Waals surface area contributed by atoms with Crippen LogP contribution >= 0.6 is 11.3 Å². The lowest BCUT2D eigenvalue weighted by Gasteiger charge is -2.36. The molecule has 10 heteroatoms. The third-order valence-corrected chi connectivity index (χ3v) is 6.39. The number of anilines is 1. The molecule has 3 heterocycles. The average molecular weight is 426 g/mol. The fourth-order valence-corrected chi connectivity index (χ4v) is 4.46. The molecule has 0 bridgehead atoms. The topological polar surface area (TPSA) is 74.6 Å². The van der Waals surface area contributed by atoms with Crippen molar-refractivity contribution < 1.29 is 18.6 Å². The third kappa shape index (κ3) is 4.65. The number of hydrogen-bond donors (Lipinski definition) is 1. The van der Waals surface area contributed by atoms with E-state index in [0.29, 0.717) is 41.1 Å². The molecule has 2 aliphatic rings. The van der Waals surface area contributed by atoms with Gasteiger partial charge in [0, 0.05) is 50.5 Å². The Labute approximate surface area is 172 Å². The molecule has 1 saturated carbocycles. The van der Waals surface area contributed by atoms with E-state index >= 15 is 0 Å². The van der Waals surface area contributed by atoms with Gasteiger partial charge in [0.15, 0.2) is 10.8 Å². The lowest BCUT2D eigenvalue weighted by atomic mass is 9.91. The Bertz CT molecular complexity index is 849. The molecule has 0 atom stereocenters. The molecule has 1 aliphatic carbocycles. The van der Waals surface area contributed by atoms with Crippen LogP contribution in [-0.2, 0) is 6.61 Å². The highest BCUT2D eigenvalue weighted by Crippen LogP contribution is 2.36. The molecule has 1 N–H and O–H groups in total. The van der Waals surface area contributed by atoms with E-state index in [-0.39, 0.29) is 31.6 Å². The quantitative estimate of drug-likeness (QED) is 0.763. The second kappa shape index (κ2) is 8.08. The smallest absolute Gasteiger partial charge is 0.248 e. The molecule has 2 aromatic heterocycles. The van der Waals surface area contributed by atoms with Crippen molar-refractivity contribution in [1.29, 1.82) is 0 Å². The molecule has 1 aliphatic heterocycles. The molecule has 0 spiro atoms. The maximum absolute atomic E-state index is 13.6. The van der Waals surface area contributed by atoms with Crippen molar-refractivity contribution in [3.05, 3.63) is 17.1 Å². The summed E-state index contributed by atoms with van der Waals surface area (Å²) in [5.74, 6) is -1.06. The number of rotatable bonds is 6. The van der Waals surface area contributed by atoms with E-state index in [1.54, 1.807) is 11.4 Å². The summed E-state index contributed by atoms with van der Waals surface area (Å²) in [5.41, 5.74) is 0.560. The van der Waals surface area contributed by atoms with Crippen LogP contribution in [-0.4, -0.2) is 70.2 Å². The molecule has 2 aromatic rings. The second-order valence-corrected chi connectivity index (χ2v) is 8.71. The van der Waals surface area contributed by atoms with Crippen LogP contribution in [0.3, 0.4) is 0 Å². The standard InChI is InChI=1S/C19H25F2N5O2S/c1-25-8-14(9-25)28-16-7-15(26(2)13-3-5-19(20,21)6-4-13)23-17(24-16)18-22-12(10-27)11-29-18/h7,11,13-14,27H,3-6,8-10H2,1-2H3. The van der Waals surface area contributed by atoms with Gasteiger partial charge in [0.2, 0.25) is 11.8 Å². The van der Waals surface area contributed by atoms with Crippen LogP contribution in [0.1, 0.15) is 31.4 Å². The van der Waals surface area contributed by atoms with Gasteiger partial charge in [-0.25, -0.2) is 18.7 Å². The number of likely N-dealkylation sites (tertiary alicyclic amines) is 1. The number of thiazole rings is 1. The highest BCUT2D eigenvalue weighted by molar-refractivity contribution is 7.13. The van der Waals surface area contributed by atoms with E-state index in [0.717, 1.165) is 13.1 Å². The van der Waals surface area contributed by atoms with E-state index in [9.17, 15) is 13.9 Å². The summed E-state index contributed by atoms with van der Waals surface area (Å²) in [6.07, 6.45) is 0.684. The highest BCUT2D eigenvalue weighted by atomic mass is 32.1. The number of nitrogens with zero attached hydrogens (tertiary/aromatic N) is 5. The zero-order valence-corrected chi connectivity index (χ0v) is 17.3. The van der Waals surface area contributed by atoms with Gasteiger partial charge in [-0.15, -0.1) is 11.3 Å². The molecule has 4 rings (SSSR count). The van der Waals surface area contributed by atoms with Crippen LogP contribution in [0.25, 0.3) is 10.8 Å². The first kappa shape index (κ1) is 20.4. The van der Waals surface area contributed by atoms with E-state index < -0.39 is 5.92 Å². The van der Waals surface area contributed by atoms with Gasteiger partial charge < -0.3 is 14.7 Å². The molecule has 0 aromatic carbocycles.